The monoisotopic (exact) mass is 977 g/mol. The number of aromatic amines is 1. The molecule has 2 heterocycles. The number of H-pyrrole nitrogens is 1. The molecular weight excluding hydrogens is 926 g/mol. The van der Waals surface area contributed by atoms with Gasteiger partial charge in [-0.15, -0.1) is 11.8 Å². The maximum atomic E-state index is 12.1. The van der Waals surface area contributed by atoms with E-state index < -0.39 is 48.9 Å². The molecule has 8 atom stereocenters. The fourth-order valence-electron chi connectivity index (χ4n) is 6.82. The van der Waals surface area contributed by atoms with Crippen LogP contribution >= 0.6 is 31.9 Å². The number of aliphatic hydroxyl groups excluding tert-OH is 3. The van der Waals surface area contributed by atoms with Crippen molar-refractivity contribution in [3.63, 3.8) is 0 Å². The molecule has 334 valence electrons. The molecule has 0 unspecified atom stereocenters. The van der Waals surface area contributed by atoms with Crippen molar-refractivity contribution in [2.45, 2.75) is 56.4 Å². The Balaban J connectivity index is 0.833. The van der Waals surface area contributed by atoms with Crippen LogP contribution in [0, 0.1) is 29.6 Å². The molecule has 60 heavy (non-hydrogen) atoms. The first-order chi connectivity index (χ1) is 29.1. The van der Waals surface area contributed by atoms with Crippen molar-refractivity contribution in [2.24, 2.45) is 17.8 Å². The maximum Gasteiger partial charge on any atom is 0.407 e. The average Bonchev–Trinajstić information content (AvgIpc) is 3.70. The predicted octanol–water partition coefficient (Wildman–Crippen LogP) is 2.39. The summed E-state index contributed by atoms with van der Waals surface area (Å²) in [5.41, 5.74) is 0.623. The highest BCUT2D eigenvalue weighted by atomic mass is 79.9. The summed E-state index contributed by atoms with van der Waals surface area (Å²) in [4.78, 5) is 38.9. The Hall–Kier alpha value is -3.43. The van der Waals surface area contributed by atoms with E-state index in [2.05, 4.69) is 64.1 Å². The van der Waals surface area contributed by atoms with Crippen LogP contribution in [-0.4, -0.2) is 162 Å². The minimum absolute atomic E-state index is 0.0535. The number of alkyl carbamates (subject to hydrolysis) is 2. The van der Waals surface area contributed by atoms with Crippen LogP contribution in [-0.2, 0) is 42.7 Å². The number of amides is 2. The van der Waals surface area contributed by atoms with E-state index in [4.69, 9.17) is 42.6 Å². The smallest absolute Gasteiger partial charge is 0.407 e. The van der Waals surface area contributed by atoms with Crippen LogP contribution in [0.2, 0.25) is 0 Å². The van der Waals surface area contributed by atoms with Crippen molar-refractivity contribution >= 4 is 60.9 Å². The van der Waals surface area contributed by atoms with E-state index in [0.717, 1.165) is 32.8 Å². The second kappa shape index (κ2) is 24.9. The van der Waals surface area contributed by atoms with Gasteiger partial charge in [-0.2, -0.15) is 0 Å². The fraction of sp³-hybridized carbons (Fsp3) is 0.667. The standard InChI is InChI=1S/C39H53Br2N3O16/c1-51-36(48)35-32(46)31(45)33(47)37(60-35)59-28-21-44-27-20-26(40)34(30(41)29(27)28)56-18-16-54-14-15-55-17-19-57-38(49)42-8-10-52-12-13-53-11-9-43-39(50)58-22-25-23-6-4-2-3-5-7-24(23)25/h20-21,23-25,31-33,35,37,44-47H,4-19,22H2,1H3,(H,42,49)(H,43,50)/t23-,24+,25-,31-,32-,33+,35-,37+/m0/s1. The van der Waals surface area contributed by atoms with Gasteiger partial charge in [-0.25, -0.2) is 14.4 Å². The van der Waals surface area contributed by atoms with Crippen molar-refractivity contribution in [3.8, 4) is 23.3 Å². The molecule has 2 aliphatic carbocycles. The predicted molar refractivity (Wildman–Crippen MR) is 217 cm³/mol. The van der Waals surface area contributed by atoms with E-state index in [1.807, 2.05) is 0 Å². The number of halogens is 2. The number of rotatable bonds is 24. The first-order valence-electron chi connectivity index (χ1n) is 19.7. The van der Waals surface area contributed by atoms with Gasteiger partial charge in [0.05, 0.1) is 86.4 Å². The van der Waals surface area contributed by atoms with Crippen molar-refractivity contribution in [3.05, 3.63) is 21.2 Å². The highest BCUT2D eigenvalue weighted by Gasteiger charge is 2.50. The zero-order valence-electron chi connectivity index (χ0n) is 33.2. The lowest BCUT2D eigenvalue weighted by Gasteiger charge is -2.38. The molecular formula is C39H53Br2N3O16. The summed E-state index contributed by atoms with van der Waals surface area (Å²) in [6.07, 6.45) is -3.68. The zero-order chi connectivity index (χ0) is 42.9. The normalized spacial score (nSPS) is 24.5. The van der Waals surface area contributed by atoms with E-state index in [0.29, 0.717) is 76.3 Å². The number of methoxy groups -OCH3 is 1. The number of carbonyl (C=O) groups excluding carboxylic acids is 3. The minimum Gasteiger partial charge on any atom is -0.489 e. The third kappa shape index (κ3) is 14.1. The lowest BCUT2D eigenvalue weighted by molar-refractivity contribution is -0.271. The molecule has 0 bridgehead atoms. The average molecular weight is 980 g/mol. The van der Waals surface area contributed by atoms with Gasteiger partial charge in [0, 0.05) is 32.1 Å². The molecule has 2 aromatic rings. The summed E-state index contributed by atoms with van der Waals surface area (Å²) < 4.78 is 55.4. The molecule has 2 amide bonds. The van der Waals surface area contributed by atoms with Crippen LogP contribution in [0.5, 0.6) is 11.5 Å². The summed E-state index contributed by atoms with van der Waals surface area (Å²) in [7, 11) is 1.10. The Bertz CT molecular complexity index is 1740. The van der Waals surface area contributed by atoms with E-state index in [1.54, 1.807) is 6.07 Å². The molecule has 0 radical (unpaired) electrons. The molecule has 0 spiro atoms. The Morgan fingerprint density at radius 2 is 1.38 bits per heavy atom. The van der Waals surface area contributed by atoms with Gasteiger partial charge in [0.25, 0.3) is 0 Å². The number of aromatic nitrogens is 1. The van der Waals surface area contributed by atoms with E-state index in [9.17, 15) is 29.7 Å². The van der Waals surface area contributed by atoms with Gasteiger partial charge in [-0.05, 0) is 68.5 Å². The topological polar surface area (TPSA) is 244 Å². The van der Waals surface area contributed by atoms with Gasteiger partial charge in [-0.3, -0.25) is 0 Å². The summed E-state index contributed by atoms with van der Waals surface area (Å²) in [6, 6.07) is 1.75. The summed E-state index contributed by atoms with van der Waals surface area (Å²) in [6.45, 7) is 3.50. The molecule has 1 aliphatic heterocycles. The molecule has 1 saturated heterocycles. The molecule has 6 N–H and O–H groups in total. The van der Waals surface area contributed by atoms with Crippen LogP contribution in [0.15, 0.2) is 21.2 Å². The van der Waals surface area contributed by atoms with E-state index in [-0.39, 0.29) is 58.5 Å². The number of fused-ring (bicyclic) bond motifs is 2. The van der Waals surface area contributed by atoms with Gasteiger partial charge in [0.15, 0.2) is 6.10 Å². The summed E-state index contributed by atoms with van der Waals surface area (Å²) in [5, 5.41) is 36.7. The third-order valence-electron chi connectivity index (χ3n) is 9.98. The highest BCUT2D eigenvalue weighted by Crippen LogP contribution is 2.52. The van der Waals surface area contributed by atoms with Crippen LogP contribution in [0.4, 0.5) is 9.59 Å². The Labute approximate surface area is 363 Å². The molecule has 21 heteroatoms. The lowest BCUT2D eigenvalue weighted by atomic mass is 9.99. The number of benzene rings is 1. The lowest BCUT2D eigenvalue weighted by Crippen LogP contribution is -2.61. The van der Waals surface area contributed by atoms with Crippen molar-refractivity contribution in [2.75, 3.05) is 92.9 Å². The van der Waals surface area contributed by atoms with Crippen LogP contribution in [0.25, 0.3) is 10.9 Å². The number of esters is 1. The zero-order valence-corrected chi connectivity index (χ0v) is 36.4. The Kier molecular flexibility index (Phi) is 19.7. The molecule has 1 aromatic carbocycles. The second-order valence-corrected chi connectivity index (χ2v) is 15.6. The number of ether oxygens (including phenoxy) is 10. The Morgan fingerprint density at radius 1 is 0.800 bits per heavy atom. The molecule has 1 aromatic heterocycles. The largest absolute Gasteiger partial charge is 0.489 e. The third-order valence-corrected chi connectivity index (χ3v) is 11.3. The Morgan fingerprint density at radius 3 is 2.02 bits per heavy atom. The highest BCUT2D eigenvalue weighted by molar-refractivity contribution is 9.11. The van der Waals surface area contributed by atoms with Gasteiger partial charge in [0.2, 0.25) is 6.29 Å². The van der Waals surface area contributed by atoms with E-state index in [1.165, 1.54) is 6.20 Å². The minimum atomic E-state index is -1.73. The fourth-order valence-corrected chi connectivity index (χ4v) is 8.37. The number of hydrogen-bond acceptors (Lipinski definition) is 16. The molecule has 1 saturated carbocycles. The number of hydrogen-bond donors (Lipinski definition) is 6. The first kappa shape index (κ1) is 47.6. The maximum absolute atomic E-state index is 12.1. The molecule has 19 nitrogen and oxygen atoms in total. The van der Waals surface area contributed by atoms with Crippen LogP contribution in [0.3, 0.4) is 0 Å². The number of carbonyl (C=O) groups is 3. The molecule has 3 aliphatic rings. The van der Waals surface area contributed by atoms with Gasteiger partial charge >= 0.3 is 18.2 Å². The quantitative estimate of drug-likeness (QED) is 0.0383. The second-order valence-electron chi connectivity index (χ2n) is 13.9. The van der Waals surface area contributed by atoms with Crippen LogP contribution in [0.1, 0.15) is 25.7 Å². The summed E-state index contributed by atoms with van der Waals surface area (Å²) in [5.74, 6) is 7.79. The first-order valence-corrected chi connectivity index (χ1v) is 21.3. The van der Waals surface area contributed by atoms with Crippen molar-refractivity contribution in [1.82, 2.24) is 15.6 Å². The number of nitrogens with one attached hydrogen (secondary N) is 3. The van der Waals surface area contributed by atoms with Gasteiger partial charge < -0.3 is 78.3 Å². The number of aliphatic hydroxyl groups is 3. The SMILES string of the molecule is COC(=O)[C@H]1O[C@@H](Oc2c[nH]c3cc(Br)c(OCCOCCOCCOC(=O)NCCOCCOCCNC(=O)OC[C@@H]4[C@@H]5CCC#CCC[C@@H]54)c(Br)c23)[C@H](O)[C@@H](O)[C@@H]1O. The van der Waals surface area contributed by atoms with Crippen molar-refractivity contribution < 1.29 is 77.1 Å². The molecule has 2 fully saturated rings. The van der Waals surface area contributed by atoms with Gasteiger partial charge in [0.1, 0.15) is 43.0 Å². The van der Waals surface area contributed by atoms with Gasteiger partial charge in [-0.1, -0.05) is 0 Å². The van der Waals surface area contributed by atoms with E-state index >= 15 is 0 Å². The summed E-state index contributed by atoms with van der Waals surface area (Å²) >= 11 is 7.03. The van der Waals surface area contributed by atoms with Crippen LogP contribution < -0.4 is 20.1 Å². The molecule has 5 rings (SSSR count). The van der Waals surface area contributed by atoms with Crippen molar-refractivity contribution in [1.29, 1.82) is 0 Å².